The molecule has 0 saturated carbocycles. The molecule has 1 aliphatic rings. The molecular weight excluding hydrogens is 314 g/mol. The quantitative estimate of drug-likeness (QED) is 0.935. The summed E-state index contributed by atoms with van der Waals surface area (Å²) in [4.78, 5) is 12.4. The van der Waals surface area contributed by atoms with E-state index in [1.807, 2.05) is 30.1 Å². The van der Waals surface area contributed by atoms with Crippen molar-refractivity contribution in [2.24, 2.45) is 7.05 Å². The van der Waals surface area contributed by atoms with Crippen molar-refractivity contribution in [3.05, 3.63) is 46.7 Å². The van der Waals surface area contributed by atoms with Crippen LogP contribution in [0, 0.1) is 0 Å². The number of para-hydroxylation sites is 1. The van der Waals surface area contributed by atoms with Crippen molar-refractivity contribution in [1.29, 1.82) is 0 Å². The van der Waals surface area contributed by atoms with Gasteiger partial charge in [0.15, 0.2) is 6.10 Å². The highest BCUT2D eigenvalue weighted by molar-refractivity contribution is 6.32. The Morgan fingerprint density at radius 1 is 1.48 bits per heavy atom. The standard InChI is InChI=1S/C17H20ClN3O2/c1-11(23-16-9-4-3-6-13(16)18)17(22)20-14-7-5-8-15-12(14)10-19-21(15)2/h3-4,6,9-11,14H,5,7-8H2,1-2H3,(H,20,22)/t11-,14+/m0/s1. The molecule has 5 nitrogen and oxygen atoms in total. The Balaban J connectivity index is 1.67. The number of rotatable bonds is 4. The second kappa shape index (κ2) is 6.62. The number of hydrogen-bond donors (Lipinski definition) is 1. The van der Waals surface area contributed by atoms with Crippen LogP contribution in [0.2, 0.25) is 5.02 Å². The number of benzene rings is 1. The Morgan fingerprint density at radius 3 is 3.04 bits per heavy atom. The van der Waals surface area contributed by atoms with Gasteiger partial charge >= 0.3 is 0 Å². The number of aryl methyl sites for hydroxylation is 1. The van der Waals surface area contributed by atoms with Gasteiger partial charge in [0, 0.05) is 18.3 Å². The number of fused-ring (bicyclic) bond motifs is 1. The topological polar surface area (TPSA) is 56.1 Å². The lowest BCUT2D eigenvalue weighted by atomic mass is 9.93. The number of carbonyl (C=O) groups is 1. The van der Waals surface area contributed by atoms with Gasteiger partial charge in [0.1, 0.15) is 5.75 Å². The fourth-order valence-corrected chi connectivity index (χ4v) is 3.11. The summed E-state index contributed by atoms with van der Waals surface area (Å²) >= 11 is 6.07. The third-order valence-corrected chi connectivity index (χ3v) is 4.51. The Morgan fingerprint density at radius 2 is 2.26 bits per heavy atom. The second-order valence-electron chi connectivity index (χ2n) is 5.81. The number of hydrogen-bond acceptors (Lipinski definition) is 3. The average Bonchev–Trinajstić information content (AvgIpc) is 2.92. The first kappa shape index (κ1) is 15.9. The first-order valence-corrected chi connectivity index (χ1v) is 8.16. The number of aromatic nitrogens is 2. The van der Waals surface area contributed by atoms with E-state index in [4.69, 9.17) is 16.3 Å². The summed E-state index contributed by atoms with van der Waals surface area (Å²) < 4.78 is 7.56. The molecule has 0 spiro atoms. The largest absolute Gasteiger partial charge is 0.479 e. The summed E-state index contributed by atoms with van der Waals surface area (Å²) in [5.41, 5.74) is 2.30. The molecule has 0 unspecified atom stereocenters. The molecular formula is C17H20ClN3O2. The molecule has 1 heterocycles. The molecule has 1 aromatic carbocycles. The first-order chi connectivity index (χ1) is 11.1. The van der Waals surface area contributed by atoms with Crippen LogP contribution in [0.15, 0.2) is 30.5 Å². The Labute approximate surface area is 140 Å². The average molecular weight is 334 g/mol. The van der Waals surface area contributed by atoms with Crippen molar-refractivity contribution in [2.75, 3.05) is 0 Å². The Hall–Kier alpha value is -2.01. The van der Waals surface area contributed by atoms with E-state index in [1.54, 1.807) is 19.1 Å². The van der Waals surface area contributed by atoms with E-state index in [2.05, 4.69) is 10.4 Å². The second-order valence-corrected chi connectivity index (χ2v) is 6.22. The maximum absolute atomic E-state index is 12.4. The third-order valence-electron chi connectivity index (χ3n) is 4.20. The van der Waals surface area contributed by atoms with Crippen molar-refractivity contribution in [3.8, 4) is 5.75 Å². The van der Waals surface area contributed by atoms with Gasteiger partial charge < -0.3 is 10.1 Å². The van der Waals surface area contributed by atoms with Crippen LogP contribution in [0.5, 0.6) is 5.75 Å². The van der Waals surface area contributed by atoms with Crippen molar-refractivity contribution in [1.82, 2.24) is 15.1 Å². The predicted molar refractivity (Wildman–Crippen MR) is 88.6 cm³/mol. The highest BCUT2D eigenvalue weighted by atomic mass is 35.5. The number of ether oxygens (including phenoxy) is 1. The summed E-state index contributed by atoms with van der Waals surface area (Å²) in [6.45, 7) is 1.73. The van der Waals surface area contributed by atoms with Crippen LogP contribution >= 0.6 is 11.6 Å². The minimum atomic E-state index is -0.614. The Bertz CT molecular complexity index is 714. The minimum Gasteiger partial charge on any atom is -0.479 e. The summed E-state index contributed by atoms with van der Waals surface area (Å²) in [6, 6.07) is 7.15. The molecule has 0 saturated heterocycles. The summed E-state index contributed by atoms with van der Waals surface area (Å²) in [5.74, 6) is 0.370. The lowest BCUT2D eigenvalue weighted by molar-refractivity contribution is -0.128. The maximum atomic E-state index is 12.4. The van der Waals surface area contributed by atoms with Gasteiger partial charge in [-0.2, -0.15) is 5.10 Å². The zero-order valence-electron chi connectivity index (χ0n) is 13.3. The molecule has 0 aliphatic heterocycles. The molecule has 0 radical (unpaired) electrons. The van der Waals surface area contributed by atoms with Gasteiger partial charge in [0.2, 0.25) is 0 Å². The van der Waals surface area contributed by atoms with Crippen molar-refractivity contribution in [2.45, 2.75) is 38.3 Å². The van der Waals surface area contributed by atoms with Crippen molar-refractivity contribution in [3.63, 3.8) is 0 Å². The predicted octanol–water partition coefficient (Wildman–Crippen LogP) is 3.03. The van der Waals surface area contributed by atoms with Gasteiger partial charge in [-0.15, -0.1) is 0 Å². The van der Waals surface area contributed by atoms with Crippen LogP contribution in [0.3, 0.4) is 0 Å². The van der Waals surface area contributed by atoms with Crippen LogP contribution < -0.4 is 10.1 Å². The maximum Gasteiger partial charge on any atom is 0.261 e. The third kappa shape index (κ3) is 3.34. The molecule has 23 heavy (non-hydrogen) atoms. The molecule has 122 valence electrons. The van der Waals surface area contributed by atoms with E-state index in [9.17, 15) is 4.79 Å². The smallest absolute Gasteiger partial charge is 0.261 e. The SMILES string of the molecule is C[C@H](Oc1ccccc1Cl)C(=O)N[C@@H]1CCCc2c1cnn2C. The van der Waals surface area contributed by atoms with Crippen molar-refractivity contribution >= 4 is 17.5 Å². The zero-order valence-corrected chi connectivity index (χ0v) is 14.0. The van der Waals surface area contributed by atoms with E-state index in [1.165, 1.54) is 5.69 Å². The van der Waals surface area contributed by atoms with Crippen LogP contribution in [-0.2, 0) is 18.3 Å². The van der Waals surface area contributed by atoms with E-state index >= 15 is 0 Å². The molecule has 0 fully saturated rings. The van der Waals surface area contributed by atoms with Gasteiger partial charge in [-0.25, -0.2) is 0 Å². The summed E-state index contributed by atoms with van der Waals surface area (Å²) in [7, 11) is 1.94. The molecule has 3 rings (SSSR count). The molecule has 1 amide bonds. The first-order valence-electron chi connectivity index (χ1n) is 7.78. The highest BCUT2D eigenvalue weighted by Gasteiger charge is 2.27. The summed E-state index contributed by atoms with van der Waals surface area (Å²) in [6.07, 6.45) is 4.19. The van der Waals surface area contributed by atoms with E-state index in [0.717, 1.165) is 24.8 Å². The lowest BCUT2D eigenvalue weighted by Crippen LogP contribution is -2.39. The molecule has 6 heteroatoms. The number of nitrogens with zero attached hydrogens (tertiary/aromatic N) is 2. The lowest BCUT2D eigenvalue weighted by Gasteiger charge is -2.25. The van der Waals surface area contributed by atoms with Crippen LogP contribution in [0.1, 0.15) is 37.1 Å². The van der Waals surface area contributed by atoms with Gasteiger partial charge in [-0.05, 0) is 38.3 Å². The molecule has 2 atom stereocenters. The van der Waals surface area contributed by atoms with E-state index < -0.39 is 6.10 Å². The van der Waals surface area contributed by atoms with Crippen molar-refractivity contribution < 1.29 is 9.53 Å². The molecule has 1 aromatic heterocycles. The number of carbonyl (C=O) groups excluding carboxylic acids is 1. The van der Waals surface area contributed by atoms with Crippen LogP contribution in [-0.4, -0.2) is 21.8 Å². The van der Waals surface area contributed by atoms with Gasteiger partial charge in [-0.3, -0.25) is 9.48 Å². The van der Waals surface area contributed by atoms with E-state index in [0.29, 0.717) is 10.8 Å². The van der Waals surface area contributed by atoms with Gasteiger partial charge in [-0.1, -0.05) is 23.7 Å². The van der Waals surface area contributed by atoms with Crippen LogP contribution in [0.4, 0.5) is 0 Å². The monoisotopic (exact) mass is 333 g/mol. The number of amides is 1. The molecule has 2 aromatic rings. The fourth-order valence-electron chi connectivity index (χ4n) is 2.93. The molecule has 1 N–H and O–H groups in total. The summed E-state index contributed by atoms with van der Waals surface area (Å²) in [5, 5.41) is 7.86. The number of halogens is 1. The Kier molecular flexibility index (Phi) is 4.57. The van der Waals surface area contributed by atoms with Gasteiger partial charge in [0.05, 0.1) is 17.3 Å². The zero-order chi connectivity index (χ0) is 16.4. The normalized spacial score (nSPS) is 18.1. The fraction of sp³-hybridized carbons (Fsp3) is 0.412. The highest BCUT2D eigenvalue weighted by Crippen LogP contribution is 2.29. The molecule has 1 aliphatic carbocycles. The van der Waals surface area contributed by atoms with E-state index in [-0.39, 0.29) is 11.9 Å². The minimum absolute atomic E-state index is 0.00255. The number of nitrogens with one attached hydrogen (secondary N) is 1. The van der Waals surface area contributed by atoms with Gasteiger partial charge in [0.25, 0.3) is 5.91 Å². The van der Waals surface area contributed by atoms with Crippen LogP contribution in [0.25, 0.3) is 0 Å². The molecule has 0 bridgehead atoms.